The van der Waals surface area contributed by atoms with Crippen LogP contribution in [-0.4, -0.2) is 25.1 Å². The molecule has 1 fully saturated rings. The lowest BCUT2D eigenvalue weighted by Gasteiger charge is -2.49. The Morgan fingerprint density at radius 3 is 2.56 bits per heavy atom. The third-order valence-electron chi connectivity index (χ3n) is 5.24. The minimum absolute atomic E-state index is 0.0264. The highest BCUT2D eigenvalue weighted by Gasteiger charge is 2.54. The lowest BCUT2D eigenvalue weighted by atomic mass is 9.53. The fraction of sp³-hybridized carbons (Fsp3) is 0.389. The molecule has 1 N–H and O–H groups in total. The number of carbonyl (C=O) groups excluding carboxylic acids is 2. The minimum atomic E-state index is -4.01. The van der Waals surface area contributed by atoms with E-state index in [9.17, 15) is 18.0 Å². The second kappa shape index (κ2) is 5.91. The first-order chi connectivity index (χ1) is 11.6. The van der Waals surface area contributed by atoms with Crippen LogP contribution in [0.3, 0.4) is 0 Å². The van der Waals surface area contributed by atoms with E-state index in [1.165, 1.54) is 19.2 Å². The number of Topliss-reactive ketones (excluding diaryl/α,β-unsaturated/α-hetero) is 1. The van der Waals surface area contributed by atoms with E-state index in [1.54, 1.807) is 24.4 Å². The summed E-state index contributed by atoms with van der Waals surface area (Å²) in [5.74, 6) is -1.26. The maximum atomic E-state index is 12.7. The Kier molecular flexibility index (Phi) is 4.15. The zero-order valence-corrected chi connectivity index (χ0v) is 15.1. The number of sulfonamides is 1. The minimum Gasteiger partial charge on any atom is -0.300 e. The SMILES string of the molecule is CC(=O)[C@@H]1C[C@H](C(=O)NS(=O)(=O)c2cccc3cnccc23)C1(C)C. The summed E-state index contributed by atoms with van der Waals surface area (Å²) in [5.41, 5.74) is -0.548. The maximum absolute atomic E-state index is 12.7. The fourth-order valence-electron chi connectivity index (χ4n) is 3.65. The molecule has 0 bridgehead atoms. The number of rotatable bonds is 4. The van der Waals surface area contributed by atoms with Crippen LogP contribution >= 0.6 is 0 Å². The molecule has 1 aliphatic rings. The van der Waals surface area contributed by atoms with Crippen molar-refractivity contribution in [1.82, 2.24) is 9.71 Å². The van der Waals surface area contributed by atoms with Crippen LogP contribution in [0, 0.1) is 17.3 Å². The summed E-state index contributed by atoms with van der Waals surface area (Å²) in [6, 6.07) is 6.44. The summed E-state index contributed by atoms with van der Waals surface area (Å²) in [7, 11) is -4.01. The van der Waals surface area contributed by atoms with Gasteiger partial charge in [-0.3, -0.25) is 14.6 Å². The van der Waals surface area contributed by atoms with E-state index in [-0.39, 0.29) is 16.6 Å². The van der Waals surface area contributed by atoms with E-state index >= 15 is 0 Å². The number of ketones is 1. The van der Waals surface area contributed by atoms with E-state index < -0.39 is 27.3 Å². The molecule has 0 unspecified atom stereocenters. The molecular formula is C18H20N2O4S. The Morgan fingerprint density at radius 1 is 1.20 bits per heavy atom. The van der Waals surface area contributed by atoms with Crippen molar-refractivity contribution in [3.05, 3.63) is 36.7 Å². The lowest BCUT2D eigenvalue weighted by Crippen LogP contribution is -2.55. The zero-order valence-electron chi connectivity index (χ0n) is 14.3. The first kappa shape index (κ1) is 17.5. The van der Waals surface area contributed by atoms with Crippen molar-refractivity contribution in [2.75, 3.05) is 0 Å². The summed E-state index contributed by atoms with van der Waals surface area (Å²) < 4.78 is 27.6. The molecule has 3 rings (SSSR count). The van der Waals surface area contributed by atoms with Crippen LogP contribution in [-0.2, 0) is 19.6 Å². The van der Waals surface area contributed by atoms with Gasteiger partial charge in [-0.2, -0.15) is 0 Å². The van der Waals surface area contributed by atoms with E-state index in [1.807, 2.05) is 13.8 Å². The summed E-state index contributed by atoms with van der Waals surface area (Å²) >= 11 is 0. The highest BCUT2D eigenvalue weighted by Crippen LogP contribution is 2.51. The number of amides is 1. The first-order valence-electron chi connectivity index (χ1n) is 8.04. The molecule has 0 saturated heterocycles. The second-order valence-corrected chi connectivity index (χ2v) is 8.75. The number of nitrogens with zero attached hydrogens (tertiary/aromatic N) is 1. The molecule has 1 aliphatic carbocycles. The second-order valence-electron chi connectivity index (χ2n) is 7.10. The highest BCUT2D eigenvalue weighted by molar-refractivity contribution is 7.90. The molecule has 25 heavy (non-hydrogen) atoms. The van der Waals surface area contributed by atoms with Gasteiger partial charge < -0.3 is 0 Å². The Hall–Kier alpha value is -2.28. The number of fused-ring (bicyclic) bond motifs is 1. The molecule has 0 spiro atoms. The van der Waals surface area contributed by atoms with Crippen LogP contribution in [0.2, 0.25) is 0 Å². The fourth-order valence-corrected chi connectivity index (χ4v) is 4.90. The van der Waals surface area contributed by atoms with Crippen molar-refractivity contribution in [2.24, 2.45) is 17.3 Å². The molecule has 1 aromatic heterocycles. The van der Waals surface area contributed by atoms with Crippen LogP contribution in [0.4, 0.5) is 0 Å². The predicted molar refractivity (Wildman–Crippen MR) is 93.1 cm³/mol. The van der Waals surface area contributed by atoms with Gasteiger partial charge in [0, 0.05) is 35.0 Å². The van der Waals surface area contributed by atoms with Crippen molar-refractivity contribution in [2.45, 2.75) is 32.1 Å². The highest BCUT2D eigenvalue weighted by atomic mass is 32.2. The van der Waals surface area contributed by atoms with Crippen LogP contribution in [0.15, 0.2) is 41.6 Å². The molecule has 7 heteroatoms. The average Bonchev–Trinajstić information content (AvgIpc) is 2.52. The van der Waals surface area contributed by atoms with Gasteiger partial charge in [-0.15, -0.1) is 0 Å². The van der Waals surface area contributed by atoms with E-state index in [0.29, 0.717) is 17.2 Å². The van der Waals surface area contributed by atoms with Gasteiger partial charge in [0.15, 0.2) is 0 Å². The molecule has 1 saturated carbocycles. The average molecular weight is 360 g/mol. The monoisotopic (exact) mass is 360 g/mol. The maximum Gasteiger partial charge on any atom is 0.264 e. The summed E-state index contributed by atoms with van der Waals surface area (Å²) in [4.78, 5) is 28.1. The van der Waals surface area contributed by atoms with E-state index in [2.05, 4.69) is 9.71 Å². The standard InChI is InChI=1S/C18H20N2O4S/c1-11(21)14-9-15(18(14,2)3)17(22)20-25(23,24)16-6-4-5-12-10-19-8-7-13(12)16/h4-8,10,14-15H,9H2,1-3H3,(H,20,22)/t14-,15+/m0/s1. The van der Waals surface area contributed by atoms with Gasteiger partial charge in [-0.05, 0) is 30.9 Å². The molecule has 2 atom stereocenters. The van der Waals surface area contributed by atoms with Crippen LogP contribution in [0.25, 0.3) is 10.8 Å². The Balaban J connectivity index is 1.87. The summed E-state index contributed by atoms with van der Waals surface area (Å²) in [6.45, 7) is 5.15. The summed E-state index contributed by atoms with van der Waals surface area (Å²) in [6.07, 6.45) is 3.46. The number of carbonyl (C=O) groups is 2. The molecule has 0 aliphatic heterocycles. The van der Waals surface area contributed by atoms with Gasteiger partial charge in [0.25, 0.3) is 10.0 Å². The van der Waals surface area contributed by atoms with Gasteiger partial charge in [-0.25, -0.2) is 13.1 Å². The number of benzene rings is 1. The molecule has 0 radical (unpaired) electrons. The van der Waals surface area contributed by atoms with Crippen LogP contribution < -0.4 is 4.72 Å². The van der Waals surface area contributed by atoms with Gasteiger partial charge in [-0.1, -0.05) is 26.0 Å². The quantitative estimate of drug-likeness (QED) is 0.903. The number of hydrogen-bond donors (Lipinski definition) is 1. The van der Waals surface area contributed by atoms with E-state index in [4.69, 9.17) is 0 Å². The lowest BCUT2D eigenvalue weighted by molar-refractivity contribution is -0.147. The number of hydrogen-bond acceptors (Lipinski definition) is 5. The predicted octanol–water partition coefficient (Wildman–Crippen LogP) is 2.29. The number of nitrogens with one attached hydrogen (secondary N) is 1. The third-order valence-corrected chi connectivity index (χ3v) is 6.64. The van der Waals surface area contributed by atoms with Gasteiger partial charge in [0.1, 0.15) is 5.78 Å². The van der Waals surface area contributed by atoms with Gasteiger partial charge >= 0.3 is 0 Å². The molecule has 1 aromatic carbocycles. The van der Waals surface area contributed by atoms with Gasteiger partial charge in [0.2, 0.25) is 5.91 Å². The topological polar surface area (TPSA) is 93.2 Å². The third kappa shape index (κ3) is 2.93. The Morgan fingerprint density at radius 2 is 1.92 bits per heavy atom. The van der Waals surface area contributed by atoms with Crippen LogP contribution in [0.1, 0.15) is 27.2 Å². The van der Waals surface area contributed by atoms with Gasteiger partial charge in [0.05, 0.1) is 4.90 Å². The normalized spacial score (nSPS) is 22.2. The van der Waals surface area contributed by atoms with Crippen molar-refractivity contribution >= 4 is 32.5 Å². The largest absolute Gasteiger partial charge is 0.300 e. The summed E-state index contributed by atoms with van der Waals surface area (Å²) in [5, 5.41) is 1.19. The number of aromatic nitrogens is 1. The van der Waals surface area contributed by atoms with Crippen molar-refractivity contribution in [3.63, 3.8) is 0 Å². The Bertz CT molecular complexity index is 961. The van der Waals surface area contributed by atoms with Crippen molar-refractivity contribution in [1.29, 1.82) is 0 Å². The zero-order chi connectivity index (χ0) is 18.4. The molecule has 6 nitrogen and oxygen atoms in total. The molecule has 1 heterocycles. The van der Waals surface area contributed by atoms with Crippen molar-refractivity contribution in [3.8, 4) is 0 Å². The number of pyridine rings is 1. The smallest absolute Gasteiger partial charge is 0.264 e. The van der Waals surface area contributed by atoms with Crippen molar-refractivity contribution < 1.29 is 18.0 Å². The first-order valence-corrected chi connectivity index (χ1v) is 9.53. The molecule has 1 amide bonds. The van der Waals surface area contributed by atoms with E-state index in [0.717, 1.165) is 0 Å². The Labute approximate surface area is 146 Å². The molecule has 132 valence electrons. The molecule has 2 aromatic rings. The van der Waals surface area contributed by atoms with Crippen LogP contribution in [0.5, 0.6) is 0 Å². The molecular weight excluding hydrogens is 340 g/mol.